The number of hydrogen-bond acceptors (Lipinski definition) is 3. The molecule has 1 aromatic heterocycles. The van der Waals surface area contributed by atoms with E-state index in [0.29, 0.717) is 11.4 Å². The molecule has 0 saturated heterocycles. The Bertz CT molecular complexity index is 3120. The monoisotopic (exact) mass is 711 g/mol. The summed E-state index contributed by atoms with van der Waals surface area (Å²) in [4.78, 5) is 10.6. The van der Waals surface area contributed by atoms with Gasteiger partial charge in [0.25, 0.3) is 0 Å². The summed E-state index contributed by atoms with van der Waals surface area (Å²) in [5.41, 5.74) is 11.9. The van der Waals surface area contributed by atoms with Gasteiger partial charge in [-0.05, 0) is 90.0 Å². The van der Waals surface area contributed by atoms with E-state index in [0.717, 1.165) is 55.9 Å². The molecule has 0 aliphatic carbocycles. The van der Waals surface area contributed by atoms with E-state index in [1.807, 2.05) is 42.5 Å². The van der Waals surface area contributed by atoms with Gasteiger partial charge in [0.1, 0.15) is 0 Å². The SMILES string of the molecule is N#Cc1ccc(-c2ccccc2-c2cc(-c3ccccc3-c3ccccc3)nc(-c3ccc(-c4c5ccccc5cc5c4ccc4ccccc45)cc3)n2)cc1. The Hall–Kier alpha value is -7.67. The lowest BCUT2D eigenvalue weighted by Gasteiger charge is -2.16. The highest BCUT2D eigenvalue weighted by Crippen LogP contribution is 2.41. The molecule has 56 heavy (non-hydrogen) atoms. The summed E-state index contributed by atoms with van der Waals surface area (Å²) in [6, 6.07) is 72.2. The molecule has 0 N–H and O–H groups in total. The molecule has 0 fully saturated rings. The smallest absolute Gasteiger partial charge is 0.160 e. The average molecular weight is 712 g/mol. The van der Waals surface area contributed by atoms with Crippen molar-refractivity contribution >= 4 is 32.3 Å². The third-order valence-corrected chi connectivity index (χ3v) is 10.7. The average Bonchev–Trinajstić information content (AvgIpc) is 3.28. The van der Waals surface area contributed by atoms with Crippen LogP contribution in [0, 0.1) is 11.3 Å². The molecular weight excluding hydrogens is 679 g/mol. The van der Waals surface area contributed by atoms with Gasteiger partial charge < -0.3 is 0 Å². The highest BCUT2D eigenvalue weighted by atomic mass is 14.9. The Morgan fingerprint density at radius 3 is 1.52 bits per heavy atom. The second-order valence-electron chi connectivity index (χ2n) is 14.0. The van der Waals surface area contributed by atoms with Crippen LogP contribution in [-0.4, -0.2) is 9.97 Å². The Labute approximate surface area is 325 Å². The van der Waals surface area contributed by atoms with Crippen LogP contribution < -0.4 is 0 Å². The van der Waals surface area contributed by atoms with Crippen molar-refractivity contribution in [3.63, 3.8) is 0 Å². The molecule has 0 aliphatic rings. The van der Waals surface area contributed by atoms with E-state index in [1.54, 1.807) is 0 Å². The summed E-state index contributed by atoms with van der Waals surface area (Å²) < 4.78 is 0. The minimum Gasteiger partial charge on any atom is -0.228 e. The first-order valence-electron chi connectivity index (χ1n) is 18.8. The molecule has 3 nitrogen and oxygen atoms in total. The van der Waals surface area contributed by atoms with Crippen LogP contribution in [-0.2, 0) is 0 Å². The van der Waals surface area contributed by atoms with Gasteiger partial charge in [-0.3, -0.25) is 0 Å². The molecule has 260 valence electrons. The van der Waals surface area contributed by atoms with Gasteiger partial charge >= 0.3 is 0 Å². The normalized spacial score (nSPS) is 11.2. The number of aromatic nitrogens is 2. The maximum Gasteiger partial charge on any atom is 0.160 e. The maximum atomic E-state index is 9.46. The zero-order valence-corrected chi connectivity index (χ0v) is 30.4. The summed E-state index contributed by atoms with van der Waals surface area (Å²) in [6.45, 7) is 0. The summed E-state index contributed by atoms with van der Waals surface area (Å²) in [5.74, 6) is 0.648. The Morgan fingerprint density at radius 1 is 0.339 bits per heavy atom. The summed E-state index contributed by atoms with van der Waals surface area (Å²) in [6.07, 6.45) is 0. The predicted molar refractivity (Wildman–Crippen MR) is 232 cm³/mol. The fraction of sp³-hybridized carbons (Fsp3) is 0. The largest absolute Gasteiger partial charge is 0.228 e. The van der Waals surface area contributed by atoms with Gasteiger partial charge in [0.15, 0.2) is 5.82 Å². The number of hydrogen-bond donors (Lipinski definition) is 0. The molecule has 0 saturated carbocycles. The minimum atomic E-state index is 0.628. The third-order valence-electron chi connectivity index (χ3n) is 10.7. The second kappa shape index (κ2) is 14.0. The van der Waals surface area contributed by atoms with Crippen molar-refractivity contribution in [3.8, 4) is 73.4 Å². The molecule has 0 aliphatic heterocycles. The van der Waals surface area contributed by atoms with E-state index in [4.69, 9.17) is 9.97 Å². The van der Waals surface area contributed by atoms with Crippen LogP contribution in [0.4, 0.5) is 0 Å². The second-order valence-corrected chi connectivity index (χ2v) is 14.0. The van der Waals surface area contributed by atoms with Crippen molar-refractivity contribution in [2.75, 3.05) is 0 Å². The van der Waals surface area contributed by atoms with Crippen LogP contribution in [0.3, 0.4) is 0 Å². The van der Waals surface area contributed by atoms with Crippen molar-refractivity contribution in [3.05, 3.63) is 206 Å². The fourth-order valence-corrected chi connectivity index (χ4v) is 8.03. The molecule has 0 unspecified atom stereocenters. The van der Waals surface area contributed by atoms with Crippen LogP contribution in [0.2, 0.25) is 0 Å². The molecule has 0 atom stereocenters. The van der Waals surface area contributed by atoms with E-state index in [-0.39, 0.29) is 0 Å². The number of rotatable bonds is 6. The van der Waals surface area contributed by atoms with Gasteiger partial charge in [-0.25, -0.2) is 9.97 Å². The molecule has 10 aromatic rings. The highest BCUT2D eigenvalue weighted by Gasteiger charge is 2.18. The van der Waals surface area contributed by atoms with E-state index in [9.17, 15) is 5.26 Å². The Balaban J connectivity index is 1.16. The minimum absolute atomic E-state index is 0.628. The number of nitrogens with zero attached hydrogens (tertiary/aromatic N) is 3. The lowest BCUT2D eigenvalue weighted by Crippen LogP contribution is -1.98. The predicted octanol–water partition coefficient (Wildman–Crippen LogP) is 13.8. The number of fused-ring (bicyclic) bond motifs is 4. The van der Waals surface area contributed by atoms with Gasteiger partial charge in [-0.1, -0.05) is 176 Å². The van der Waals surface area contributed by atoms with Gasteiger partial charge in [-0.2, -0.15) is 5.26 Å². The van der Waals surface area contributed by atoms with E-state index < -0.39 is 0 Å². The topological polar surface area (TPSA) is 49.6 Å². The molecular formula is C53H33N3. The van der Waals surface area contributed by atoms with Gasteiger partial charge in [0.05, 0.1) is 23.0 Å². The molecule has 3 heteroatoms. The molecule has 1 heterocycles. The highest BCUT2D eigenvalue weighted by molar-refractivity contribution is 6.20. The van der Waals surface area contributed by atoms with Crippen molar-refractivity contribution < 1.29 is 0 Å². The van der Waals surface area contributed by atoms with Gasteiger partial charge in [0.2, 0.25) is 0 Å². The van der Waals surface area contributed by atoms with Crippen LogP contribution >= 0.6 is 0 Å². The zero-order valence-electron chi connectivity index (χ0n) is 30.4. The fourth-order valence-electron chi connectivity index (χ4n) is 8.03. The van der Waals surface area contributed by atoms with Crippen molar-refractivity contribution in [1.29, 1.82) is 5.26 Å². The van der Waals surface area contributed by atoms with E-state index >= 15 is 0 Å². The zero-order chi connectivity index (χ0) is 37.4. The van der Waals surface area contributed by atoms with E-state index in [2.05, 4.69) is 164 Å². The van der Waals surface area contributed by atoms with Crippen LogP contribution in [0.5, 0.6) is 0 Å². The molecule has 0 bridgehead atoms. The molecule has 9 aromatic carbocycles. The lowest BCUT2D eigenvalue weighted by atomic mass is 9.89. The summed E-state index contributed by atoms with van der Waals surface area (Å²) in [5, 5.41) is 16.9. The molecule has 0 radical (unpaired) electrons. The van der Waals surface area contributed by atoms with Crippen molar-refractivity contribution in [2.24, 2.45) is 0 Å². The number of nitriles is 1. The first-order valence-corrected chi connectivity index (χ1v) is 18.8. The Morgan fingerprint density at radius 2 is 0.857 bits per heavy atom. The van der Waals surface area contributed by atoms with Gasteiger partial charge in [-0.15, -0.1) is 0 Å². The first kappa shape index (κ1) is 32.9. The quantitative estimate of drug-likeness (QED) is 0.127. The number of benzene rings is 9. The Kier molecular flexibility index (Phi) is 8.21. The molecule has 10 rings (SSSR count). The van der Waals surface area contributed by atoms with Crippen LogP contribution in [0.1, 0.15) is 5.56 Å². The van der Waals surface area contributed by atoms with Crippen molar-refractivity contribution in [2.45, 2.75) is 0 Å². The molecule has 0 spiro atoms. The lowest BCUT2D eigenvalue weighted by molar-refractivity contribution is 1.18. The van der Waals surface area contributed by atoms with Gasteiger partial charge in [0, 0.05) is 16.7 Å². The van der Waals surface area contributed by atoms with Crippen molar-refractivity contribution in [1.82, 2.24) is 9.97 Å². The third kappa shape index (κ3) is 5.87. The first-order chi connectivity index (χ1) is 27.7. The van der Waals surface area contributed by atoms with Crippen LogP contribution in [0.25, 0.3) is 99.6 Å². The summed E-state index contributed by atoms with van der Waals surface area (Å²) >= 11 is 0. The molecule has 0 amide bonds. The maximum absolute atomic E-state index is 9.46. The summed E-state index contributed by atoms with van der Waals surface area (Å²) in [7, 11) is 0. The standard InChI is InChI=1S/C53H33N3/c54-34-35-22-24-38(25-23-35)43-17-9-11-21-47(43)51-33-50(46-20-10-8-16-42(46)36-12-2-1-3-13-36)55-53(56-51)40-28-26-39(27-29-40)52-45-19-7-5-15-41(45)32-49-44-18-6-4-14-37(44)30-31-48(49)52/h1-33H. The van der Waals surface area contributed by atoms with Crippen LogP contribution in [0.15, 0.2) is 200 Å². The van der Waals surface area contributed by atoms with E-state index in [1.165, 1.54) is 37.9 Å².